The van der Waals surface area contributed by atoms with Crippen molar-refractivity contribution < 1.29 is 9.59 Å². The molecule has 2 fully saturated rings. The molecule has 2 rings (SSSR count). The first-order chi connectivity index (χ1) is 8.97. The minimum Gasteiger partial charge on any atom is -0.392 e. The molecule has 0 bridgehead atoms. The smallest absolute Gasteiger partial charge is 0.235 e. The molecule has 0 aromatic heterocycles. The SMILES string of the molecule is NC(=O)C1CCN(C(=O)C2(C(N)=S)CCCCC2)C1. The fourth-order valence-corrected chi connectivity index (χ4v) is 3.49. The molecule has 1 saturated carbocycles. The topological polar surface area (TPSA) is 89.4 Å². The highest BCUT2D eigenvalue weighted by atomic mass is 32.1. The van der Waals surface area contributed by atoms with Gasteiger partial charge in [0.15, 0.2) is 0 Å². The fraction of sp³-hybridized carbons (Fsp3) is 0.769. The van der Waals surface area contributed by atoms with Crippen molar-refractivity contribution >= 4 is 29.0 Å². The van der Waals surface area contributed by atoms with Crippen LogP contribution in [0.4, 0.5) is 0 Å². The molecule has 2 amide bonds. The summed E-state index contributed by atoms with van der Waals surface area (Å²) in [5.41, 5.74) is 10.5. The molecule has 1 saturated heterocycles. The maximum atomic E-state index is 12.7. The van der Waals surface area contributed by atoms with E-state index in [9.17, 15) is 9.59 Å². The number of likely N-dealkylation sites (tertiary alicyclic amines) is 1. The molecule has 1 atom stereocenters. The highest BCUT2D eigenvalue weighted by molar-refractivity contribution is 7.80. The van der Waals surface area contributed by atoms with Gasteiger partial charge in [-0.1, -0.05) is 31.5 Å². The summed E-state index contributed by atoms with van der Waals surface area (Å²) in [6, 6.07) is 0. The zero-order valence-electron chi connectivity index (χ0n) is 11.1. The van der Waals surface area contributed by atoms with Crippen molar-refractivity contribution in [3.63, 3.8) is 0 Å². The van der Waals surface area contributed by atoms with Crippen molar-refractivity contribution in [1.29, 1.82) is 0 Å². The summed E-state index contributed by atoms with van der Waals surface area (Å²) in [5, 5.41) is 0. The van der Waals surface area contributed by atoms with E-state index >= 15 is 0 Å². The minimum absolute atomic E-state index is 0.00319. The van der Waals surface area contributed by atoms with Crippen molar-refractivity contribution in [1.82, 2.24) is 4.90 Å². The molecular formula is C13H21N3O2S. The number of carbonyl (C=O) groups is 2. The van der Waals surface area contributed by atoms with Crippen molar-refractivity contribution in [3.8, 4) is 0 Å². The fourth-order valence-electron chi connectivity index (χ4n) is 3.20. The number of hydrogen-bond donors (Lipinski definition) is 2. The van der Waals surface area contributed by atoms with Gasteiger partial charge in [0.1, 0.15) is 0 Å². The average molecular weight is 283 g/mol. The van der Waals surface area contributed by atoms with Crippen molar-refractivity contribution in [2.24, 2.45) is 22.8 Å². The van der Waals surface area contributed by atoms with Crippen molar-refractivity contribution in [2.75, 3.05) is 13.1 Å². The van der Waals surface area contributed by atoms with Crippen LogP contribution in [0.15, 0.2) is 0 Å². The molecule has 0 radical (unpaired) electrons. The summed E-state index contributed by atoms with van der Waals surface area (Å²) in [6.07, 6.45) is 5.21. The number of hydrogen-bond acceptors (Lipinski definition) is 3. The number of carbonyl (C=O) groups excluding carboxylic acids is 2. The molecule has 1 unspecified atom stereocenters. The molecule has 0 aromatic rings. The van der Waals surface area contributed by atoms with E-state index < -0.39 is 5.41 Å². The van der Waals surface area contributed by atoms with Crippen LogP contribution in [0.25, 0.3) is 0 Å². The van der Waals surface area contributed by atoms with Crippen LogP contribution >= 0.6 is 12.2 Å². The second-order valence-corrected chi connectivity index (χ2v) is 6.09. The zero-order chi connectivity index (χ0) is 14.0. The van der Waals surface area contributed by atoms with Gasteiger partial charge in [0.25, 0.3) is 0 Å². The molecule has 2 aliphatic rings. The third-order valence-corrected chi connectivity index (χ3v) is 4.86. The minimum atomic E-state index is -0.680. The van der Waals surface area contributed by atoms with E-state index in [-0.39, 0.29) is 17.7 Å². The normalized spacial score (nSPS) is 26.1. The van der Waals surface area contributed by atoms with Crippen molar-refractivity contribution in [3.05, 3.63) is 0 Å². The molecule has 1 aliphatic carbocycles. The van der Waals surface area contributed by atoms with Gasteiger partial charge >= 0.3 is 0 Å². The maximum Gasteiger partial charge on any atom is 0.235 e. The second kappa shape index (κ2) is 5.45. The average Bonchev–Trinajstić information content (AvgIpc) is 2.88. The third kappa shape index (κ3) is 2.59. The van der Waals surface area contributed by atoms with E-state index in [4.69, 9.17) is 23.7 Å². The van der Waals surface area contributed by atoms with Gasteiger partial charge in [0, 0.05) is 13.1 Å². The molecular weight excluding hydrogens is 262 g/mol. The molecule has 6 heteroatoms. The van der Waals surface area contributed by atoms with E-state index in [1.54, 1.807) is 4.90 Å². The summed E-state index contributed by atoms with van der Waals surface area (Å²) < 4.78 is 0. The lowest BCUT2D eigenvalue weighted by Gasteiger charge is -2.37. The van der Waals surface area contributed by atoms with E-state index in [1.807, 2.05) is 0 Å². The van der Waals surface area contributed by atoms with E-state index in [0.717, 1.165) is 32.1 Å². The molecule has 5 nitrogen and oxygen atoms in total. The van der Waals surface area contributed by atoms with E-state index in [0.29, 0.717) is 24.5 Å². The summed E-state index contributed by atoms with van der Waals surface area (Å²) in [7, 11) is 0. The Hall–Kier alpha value is -1.17. The Morgan fingerprint density at radius 3 is 2.26 bits per heavy atom. The van der Waals surface area contributed by atoms with Gasteiger partial charge in [-0.3, -0.25) is 9.59 Å². The summed E-state index contributed by atoms with van der Waals surface area (Å²) in [4.78, 5) is 26.0. The number of nitrogens with two attached hydrogens (primary N) is 2. The van der Waals surface area contributed by atoms with Crippen LogP contribution in [0.2, 0.25) is 0 Å². The van der Waals surface area contributed by atoms with Crippen LogP contribution < -0.4 is 11.5 Å². The monoisotopic (exact) mass is 283 g/mol. The van der Waals surface area contributed by atoms with Gasteiger partial charge < -0.3 is 16.4 Å². The van der Waals surface area contributed by atoms with Gasteiger partial charge in [-0.15, -0.1) is 0 Å². The Morgan fingerprint density at radius 1 is 1.16 bits per heavy atom. The first-order valence-electron chi connectivity index (χ1n) is 6.86. The van der Waals surface area contributed by atoms with Crippen LogP contribution in [-0.2, 0) is 9.59 Å². The van der Waals surface area contributed by atoms with Gasteiger partial charge in [0.2, 0.25) is 11.8 Å². The molecule has 4 N–H and O–H groups in total. The summed E-state index contributed by atoms with van der Waals surface area (Å²) in [5.74, 6) is -0.553. The Kier molecular flexibility index (Phi) is 4.08. The Balaban J connectivity index is 2.13. The standard InChI is InChI=1S/C13H21N3O2S/c14-10(17)9-4-7-16(8-9)12(18)13(11(15)19)5-2-1-3-6-13/h9H,1-8H2,(H2,14,17)(H2,15,19). The summed E-state index contributed by atoms with van der Waals surface area (Å²) >= 11 is 5.16. The van der Waals surface area contributed by atoms with Gasteiger partial charge in [-0.25, -0.2) is 0 Å². The van der Waals surface area contributed by atoms with Gasteiger partial charge in [-0.05, 0) is 19.3 Å². The van der Waals surface area contributed by atoms with Gasteiger partial charge in [-0.2, -0.15) is 0 Å². The van der Waals surface area contributed by atoms with Crippen LogP contribution in [0.5, 0.6) is 0 Å². The number of nitrogens with zero attached hydrogens (tertiary/aromatic N) is 1. The number of thiocarbonyl (C=S) groups is 1. The van der Waals surface area contributed by atoms with Crippen LogP contribution in [0.1, 0.15) is 38.5 Å². The van der Waals surface area contributed by atoms with Crippen molar-refractivity contribution in [2.45, 2.75) is 38.5 Å². The van der Waals surface area contributed by atoms with Crippen LogP contribution in [0.3, 0.4) is 0 Å². The molecule has 1 aliphatic heterocycles. The lowest BCUT2D eigenvalue weighted by Crippen LogP contribution is -2.51. The third-order valence-electron chi connectivity index (χ3n) is 4.47. The van der Waals surface area contributed by atoms with Crippen LogP contribution in [-0.4, -0.2) is 34.8 Å². The quantitative estimate of drug-likeness (QED) is 0.740. The molecule has 0 spiro atoms. The predicted molar refractivity (Wildman–Crippen MR) is 76.2 cm³/mol. The second-order valence-electron chi connectivity index (χ2n) is 5.65. The number of primary amides is 1. The lowest BCUT2D eigenvalue weighted by atomic mass is 9.73. The molecule has 0 aromatic carbocycles. The molecule has 106 valence electrons. The lowest BCUT2D eigenvalue weighted by molar-refractivity contribution is -0.138. The molecule has 1 heterocycles. The number of amides is 2. The Morgan fingerprint density at radius 2 is 1.79 bits per heavy atom. The summed E-state index contributed by atoms with van der Waals surface area (Å²) in [6.45, 7) is 0.995. The highest BCUT2D eigenvalue weighted by Gasteiger charge is 2.46. The highest BCUT2D eigenvalue weighted by Crippen LogP contribution is 2.39. The van der Waals surface area contributed by atoms with E-state index in [2.05, 4.69) is 0 Å². The van der Waals surface area contributed by atoms with E-state index in [1.165, 1.54) is 0 Å². The first-order valence-corrected chi connectivity index (χ1v) is 7.27. The first kappa shape index (κ1) is 14.2. The largest absolute Gasteiger partial charge is 0.392 e. The van der Waals surface area contributed by atoms with Crippen LogP contribution in [0, 0.1) is 11.3 Å². The zero-order valence-corrected chi connectivity index (χ0v) is 11.9. The molecule has 19 heavy (non-hydrogen) atoms. The van der Waals surface area contributed by atoms with Gasteiger partial charge in [0.05, 0.1) is 16.3 Å². The Labute approximate surface area is 118 Å². The maximum absolute atomic E-state index is 12.7. The predicted octanol–water partition coefficient (Wildman–Crippen LogP) is 0.557. The Bertz CT molecular complexity index is 405. The number of rotatable bonds is 3.